The Morgan fingerprint density at radius 2 is 1.94 bits per heavy atom. The molecule has 8 heteroatoms. The van der Waals surface area contributed by atoms with Gasteiger partial charge in [-0.15, -0.1) is 11.3 Å². The van der Waals surface area contributed by atoms with E-state index in [1.807, 2.05) is 43.4 Å². The molecule has 5 rings (SSSR count). The van der Waals surface area contributed by atoms with Gasteiger partial charge in [0, 0.05) is 44.5 Å². The molecule has 1 fully saturated rings. The molecular formula is C26H30N4O3S. The first-order chi connectivity index (χ1) is 16.0. The summed E-state index contributed by atoms with van der Waals surface area (Å²) >= 11 is 1.35. The third-order valence-electron chi connectivity index (χ3n) is 6.45. The Morgan fingerprint density at radius 3 is 2.65 bits per heavy atom. The summed E-state index contributed by atoms with van der Waals surface area (Å²) in [7, 11) is 5.67. The molecule has 178 valence electrons. The van der Waals surface area contributed by atoms with E-state index in [1.54, 1.807) is 28.9 Å². The molecule has 0 spiro atoms. The van der Waals surface area contributed by atoms with Gasteiger partial charge in [0.1, 0.15) is 16.9 Å². The molecule has 0 N–H and O–H groups in total. The summed E-state index contributed by atoms with van der Waals surface area (Å²) in [4.78, 5) is 35.7. The average Bonchev–Trinajstić information content (AvgIpc) is 3.45. The van der Waals surface area contributed by atoms with Gasteiger partial charge in [-0.2, -0.15) is 0 Å². The number of hydrogen-bond acceptors (Lipinski definition) is 6. The zero-order chi connectivity index (χ0) is 23.1. The molecule has 0 radical (unpaired) electrons. The fourth-order valence-corrected chi connectivity index (χ4v) is 5.76. The summed E-state index contributed by atoms with van der Waals surface area (Å²) in [5.41, 5.74) is 1.60. The van der Waals surface area contributed by atoms with Crippen LogP contribution in [0.3, 0.4) is 0 Å². The number of para-hydroxylation sites is 1. The van der Waals surface area contributed by atoms with Crippen LogP contribution in [0.2, 0.25) is 0 Å². The highest BCUT2D eigenvalue weighted by molar-refractivity contribution is 7.22. The summed E-state index contributed by atoms with van der Waals surface area (Å²) in [5, 5.41) is 1.41. The van der Waals surface area contributed by atoms with Crippen molar-refractivity contribution in [2.75, 3.05) is 27.2 Å². The van der Waals surface area contributed by atoms with Crippen LogP contribution in [-0.2, 0) is 13.7 Å². The number of nitrogens with zero attached hydrogens (tertiary/aromatic N) is 4. The molecule has 34 heavy (non-hydrogen) atoms. The molecule has 4 heterocycles. The molecule has 1 atom stereocenters. The van der Waals surface area contributed by atoms with E-state index < -0.39 is 0 Å². The van der Waals surface area contributed by atoms with Gasteiger partial charge in [-0.25, -0.2) is 0 Å². The number of pyridine rings is 2. The van der Waals surface area contributed by atoms with Gasteiger partial charge < -0.3 is 19.1 Å². The van der Waals surface area contributed by atoms with E-state index in [9.17, 15) is 9.59 Å². The summed E-state index contributed by atoms with van der Waals surface area (Å²) in [6.45, 7) is 2.05. The van der Waals surface area contributed by atoms with Crippen LogP contribution >= 0.6 is 11.3 Å². The van der Waals surface area contributed by atoms with Crippen molar-refractivity contribution in [3.63, 3.8) is 0 Å². The zero-order valence-electron chi connectivity index (χ0n) is 18.9. The molecule has 1 saturated heterocycles. The Morgan fingerprint density at radius 1 is 1.21 bits per heavy atom. The summed E-state index contributed by atoms with van der Waals surface area (Å²) in [6, 6.07) is 11.7. The average molecular weight is 479 g/mol. The molecule has 1 amide bonds. The number of likely N-dealkylation sites (tertiary alicyclic amines) is 1. The van der Waals surface area contributed by atoms with Gasteiger partial charge in [-0.1, -0.05) is 25.6 Å². The Kier molecular flexibility index (Phi) is 6.72. The number of amides is 1. The topological polar surface area (TPSA) is 67.7 Å². The molecular weight excluding hydrogens is 448 g/mol. The fraction of sp³-hybridized carbons (Fsp3) is 0.346. The van der Waals surface area contributed by atoms with Crippen molar-refractivity contribution < 1.29 is 9.53 Å². The van der Waals surface area contributed by atoms with E-state index >= 15 is 0 Å². The lowest BCUT2D eigenvalue weighted by atomic mass is 10.1. The number of rotatable bonds is 5. The number of benzene rings is 1. The molecule has 0 aliphatic carbocycles. The molecule has 1 aliphatic rings. The quantitative estimate of drug-likeness (QED) is 0.431. The van der Waals surface area contributed by atoms with Crippen molar-refractivity contribution in [1.29, 1.82) is 0 Å². The van der Waals surface area contributed by atoms with Crippen molar-refractivity contribution in [3.05, 3.63) is 69.6 Å². The van der Waals surface area contributed by atoms with Gasteiger partial charge >= 0.3 is 0 Å². The van der Waals surface area contributed by atoms with Gasteiger partial charge in [-0.05, 0) is 43.8 Å². The summed E-state index contributed by atoms with van der Waals surface area (Å²) in [5.74, 6) is 0.272. The predicted molar refractivity (Wildman–Crippen MR) is 138 cm³/mol. The van der Waals surface area contributed by atoms with Crippen molar-refractivity contribution in [2.24, 2.45) is 7.05 Å². The van der Waals surface area contributed by atoms with Crippen LogP contribution in [0.5, 0.6) is 5.75 Å². The number of fused-ring (bicyclic) bond motifs is 3. The smallest absolute Gasteiger partial charge is 0.267 e. The maximum Gasteiger partial charge on any atom is 0.267 e. The van der Waals surface area contributed by atoms with Gasteiger partial charge in [0.2, 0.25) is 0 Å². The third-order valence-corrected chi connectivity index (χ3v) is 7.65. The molecule has 1 unspecified atom stereocenters. The van der Waals surface area contributed by atoms with E-state index in [0.717, 1.165) is 40.7 Å². The lowest BCUT2D eigenvalue weighted by Crippen LogP contribution is -2.38. The number of likely N-dealkylation sites (N-methyl/N-ethyl adjacent to an activating group) is 2. The number of ether oxygens (including phenoxy) is 1. The maximum atomic E-state index is 13.7. The molecule has 7 nitrogen and oxygen atoms in total. The minimum absolute atomic E-state index is 0. The van der Waals surface area contributed by atoms with Crippen LogP contribution < -0.4 is 10.3 Å². The SMILES string of the molecule is C.CN1CCC(N(C)C(=O)c2sc3c(c2OCc2ccncc2)c(=O)n(C)c2ccccc32)C1. The highest BCUT2D eigenvalue weighted by atomic mass is 32.1. The number of aromatic nitrogens is 2. The molecule has 0 saturated carbocycles. The Bertz CT molecular complexity index is 1400. The lowest BCUT2D eigenvalue weighted by molar-refractivity contribution is 0.0738. The normalized spacial score (nSPS) is 16.0. The number of thiophene rings is 1. The van der Waals surface area contributed by atoms with Crippen LogP contribution in [0.15, 0.2) is 53.6 Å². The molecule has 0 bridgehead atoms. The Hall–Kier alpha value is -3.23. The Balaban J connectivity index is 0.00000274. The van der Waals surface area contributed by atoms with Gasteiger partial charge in [0.15, 0.2) is 5.75 Å². The second kappa shape index (κ2) is 9.56. The number of carbonyl (C=O) groups excluding carboxylic acids is 1. The highest BCUT2D eigenvalue weighted by Crippen LogP contribution is 2.41. The van der Waals surface area contributed by atoms with Crippen LogP contribution in [0.4, 0.5) is 0 Å². The number of aryl methyl sites for hydroxylation is 1. The maximum absolute atomic E-state index is 13.7. The first-order valence-corrected chi connectivity index (χ1v) is 11.8. The molecule has 1 aromatic carbocycles. The minimum Gasteiger partial charge on any atom is -0.486 e. The zero-order valence-corrected chi connectivity index (χ0v) is 19.8. The van der Waals surface area contributed by atoms with Crippen LogP contribution in [0.25, 0.3) is 21.0 Å². The van der Waals surface area contributed by atoms with E-state index in [-0.39, 0.29) is 31.5 Å². The molecule has 4 aromatic rings. The second-order valence-electron chi connectivity index (χ2n) is 8.61. The third kappa shape index (κ3) is 4.08. The predicted octanol–water partition coefficient (Wildman–Crippen LogP) is 4.14. The van der Waals surface area contributed by atoms with E-state index in [1.165, 1.54) is 11.3 Å². The second-order valence-corrected chi connectivity index (χ2v) is 9.63. The van der Waals surface area contributed by atoms with Gasteiger partial charge in [-0.3, -0.25) is 14.6 Å². The van der Waals surface area contributed by atoms with Crippen molar-refractivity contribution in [2.45, 2.75) is 26.5 Å². The summed E-state index contributed by atoms with van der Waals surface area (Å²) in [6.07, 6.45) is 4.34. The standard InChI is InChI=1S/C25H26N4O3S.CH4/c1-27-13-10-17(14-27)28(2)25(31)23-21(32-15-16-8-11-26-12-9-16)20-22(33-23)18-6-4-5-7-19(18)29(3)24(20)30;/h4-9,11-12,17H,10,13-15H2,1-3H3;1H4. The van der Waals surface area contributed by atoms with Crippen molar-refractivity contribution >= 4 is 38.2 Å². The summed E-state index contributed by atoms with van der Waals surface area (Å²) < 4.78 is 8.65. The highest BCUT2D eigenvalue weighted by Gasteiger charge is 2.32. The van der Waals surface area contributed by atoms with E-state index in [0.29, 0.717) is 16.0 Å². The Labute approximate surface area is 203 Å². The van der Waals surface area contributed by atoms with Gasteiger partial charge in [0.25, 0.3) is 11.5 Å². The molecule has 3 aromatic heterocycles. The number of hydrogen-bond donors (Lipinski definition) is 0. The van der Waals surface area contributed by atoms with E-state index in [4.69, 9.17) is 4.74 Å². The first kappa shape index (κ1) is 23.9. The van der Waals surface area contributed by atoms with Crippen LogP contribution in [0.1, 0.15) is 29.1 Å². The first-order valence-electron chi connectivity index (χ1n) is 11.0. The minimum atomic E-state index is -0.160. The van der Waals surface area contributed by atoms with Crippen LogP contribution in [0, 0.1) is 0 Å². The van der Waals surface area contributed by atoms with Gasteiger partial charge in [0.05, 0.1) is 10.2 Å². The van der Waals surface area contributed by atoms with Crippen molar-refractivity contribution in [1.82, 2.24) is 19.4 Å². The molecule has 1 aliphatic heterocycles. The fourth-order valence-electron chi connectivity index (χ4n) is 4.50. The monoisotopic (exact) mass is 478 g/mol. The largest absolute Gasteiger partial charge is 0.486 e. The van der Waals surface area contributed by atoms with Crippen LogP contribution in [-0.4, -0.2) is 58.5 Å². The van der Waals surface area contributed by atoms with E-state index in [2.05, 4.69) is 16.9 Å². The lowest BCUT2D eigenvalue weighted by Gasteiger charge is -2.24. The number of carbonyl (C=O) groups is 1. The van der Waals surface area contributed by atoms with Crippen molar-refractivity contribution in [3.8, 4) is 5.75 Å².